The highest BCUT2D eigenvalue weighted by molar-refractivity contribution is 6.35. The predicted molar refractivity (Wildman–Crippen MR) is 81.8 cm³/mol. The Morgan fingerprint density at radius 2 is 1.90 bits per heavy atom. The summed E-state index contributed by atoms with van der Waals surface area (Å²) in [5.41, 5.74) is 0.0731. The number of hydrogen-bond acceptors (Lipinski definition) is 2. The summed E-state index contributed by atoms with van der Waals surface area (Å²) in [5, 5.41) is 12.9. The van der Waals surface area contributed by atoms with Crippen molar-refractivity contribution in [3.8, 4) is 0 Å². The van der Waals surface area contributed by atoms with Crippen molar-refractivity contribution in [2.75, 3.05) is 0 Å². The number of nitrogens with one attached hydrogen (secondary N) is 1. The lowest BCUT2D eigenvalue weighted by atomic mass is 9.92. The molecule has 2 rings (SSSR count). The van der Waals surface area contributed by atoms with E-state index in [0.717, 1.165) is 12.8 Å². The number of rotatable bonds is 5. The number of aliphatic carboxylic acids is 1. The van der Waals surface area contributed by atoms with Crippen LogP contribution >= 0.6 is 23.2 Å². The molecule has 0 aromatic heterocycles. The smallest absolute Gasteiger partial charge is 0.305 e. The Morgan fingerprint density at radius 3 is 2.48 bits per heavy atom. The molecular weight excluding hydrogens is 313 g/mol. The Labute approximate surface area is 133 Å². The van der Waals surface area contributed by atoms with Gasteiger partial charge in [0.2, 0.25) is 5.91 Å². The summed E-state index contributed by atoms with van der Waals surface area (Å²) in [4.78, 5) is 23.2. The zero-order valence-electron chi connectivity index (χ0n) is 11.5. The van der Waals surface area contributed by atoms with Crippen LogP contribution in [0.15, 0.2) is 18.2 Å². The molecule has 0 unspecified atom stereocenters. The van der Waals surface area contributed by atoms with Gasteiger partial charge in [0, 0.05) is 10.0 Å². The molecule has 1 saturated carbocycles. The fraction of sp³-hybridized carbons (Fsp3) is 0.467. The molecular formula is C15H17Cl2NO3. The number of carboxylic acid groups (broad SMARTS) is 1. The van der Waals surface area contributed by atoms with E-state index in [1.165, 1.54) is 0 Å². The third kappa shape index (κ3) is 4.35. The largest absolute Gasteiger partial charge is 0.481 e. The molecule has 0 heterocycles. The molecule has 114 valence electrons. The summed E-state index contributed by atoms with van der Waals surface area (Å²) in [6.45, 7) is 0. The number of carboxylic acids is 1. The van der Waals surface area contributed by atoms with Gasteiger partial charge in [-0.15, -0.1) is 0 Å². The first-order chi connectivity index (χ1) is 9.90. The van der Waals surface area contributed by atoms with Gasteiger partial charge in [-0.05, 0) is 30.5 Å². The van der Waals surface area contributed by atoms with Crippen LogP contribution < -0.4 is 5.32 Å². The average Bonchev–Trinajstić information content (AvgIpc) is 2.80. The van der Waals surface area contributed by atoms with Crippen LogP contribution in [0.4, 0.5) is 0 Å². The van der Waals surface area contributed by atoms with E-state index in [-0.39, 0.29) is 18.7 Å². The Hall–Kier alpha value is -1.26. The molecule has 0 atom stereocenters. The van der Waals surface area contributed by atoms with Crippen molar-refractivity contribution in [1.82, 2.24) is 5.32 Å². The minimum atomic E-state index is -0.887. The van der Waals surface area contributed by atoms with Crippen LogP contribution in [0.5, 0.6) is 0 Å². The highest BCUT2D eigenvalue weighted by Crippen LogP contribution is 2.33. The van der Waals surface area contributed by atoms with Crippen LogP contribution in [0, 0.1) is 0 Å². The average molecular weight is 330 g/mol. The number of carbonyl (C=O) groups is 2. The third-order valence-electron chi connectivity index (χ3n) is 3.82. The van der Waals surface area contributed by atoms with Crippen molar-refractivity contribution in [2.24, 2.45) is 0 Å². The number of halogens is 2. The minimum Gasteiger partial charge on any atom is -0.481 e. The quantitative estimate of drug-likeness (QED) is 0.869. The van der Waals surface area contributed by atoms with Crippen molar-refractivity contribution < 1.29 is 14.7 Å². The maximum Gasteiger partial charge on any atom is 0.305 e. The van der Waals surface area contributed by atoms with Crippen molar-refractivity contribution in [1.29, 1.82) is 0 Å². The molecule has 1 amide bonds. The van der Waals surface area contributed by atoms with Gasteiger partial charge in [0.1, 0.15) is 0 Å². The van der Waals surface area contributed by atoms with Crippen LogP contribution in [0.25, 0.3) is 0 Å². The monoisotopic (exact) mass is 329 g/mol. The molecule has 1 aliphatic rings. The number of benzene rings is 1. The van der Waals surface area contributed by atoms with Gasteiger partial charge in [-0.25, -0.2) is 0 Å². The summed E-state index contributed by atoms with van der Waals surface area (Å²) in [7, 11) is 0. The second-order valence-corrected chi connectivity index (χ2v) is 6.36. The second-order valence-electron chi connectivity index (χ2n) is 5.52. The van der Waals surface area contributed by atoms with Crippen LogP contribution in [0.3, 0.4) is 0 Å². The first kappa shape index (κ1) is 16.1. The minimum absolute atomic E-state index is 0.0346. The van der Waals surface area contributed by atoms with Gasteiger partial charge in [-0.3, -0.25) is 9.59 Å². The van der Waals surface area contributed by atoms with Gasteiger partial charge in [0.15, 0.2) is 0 Å². The van der Waals surface area contributed by atoms with Crippen molar-refractivity contribution in [3.05, 3.63) is 33.8 Å². The molecule has 0 radical (unpaired) electrons. The van der Waals surface area contributed by atoms with E-state index in [9.17, 15) is 9.59 Å². The highest BCUT2D eigenvalue weighted by Gasteiger charge is 2.37. The number of carbonyl (C=O) groups excluding carboxylic acids is 1. The molecule has 1 aliphatic carbocycles. The molecule has 1 aromatic rings. The van der Waals surface area contributed by atoms with Crippen LogP contribution in [0.1, 0.15) is 37.7 Å². The molecule has 6 heteroatoms. The Bertz CT molecular complexity index is 554. The van der Waals surface area contributed by atoms with Gasteiger partial charge < -0.3 is 10.4 Å². The molecule has 1 fully saturated rings. The summed E-state index contributed by atoms with van der Waals surface area (Å²) in [5.74, 6) is -1.09. The third-order valence-corrected chi connectivity index (χ3v) is 4.41. The zero-order valence-corrected chi connectivity index (χ0v) is 13.0. The predicted octanol–water partition coefficient (Wildman–Crippen LogP) is 3.44. The van der Waals surface area contributed by atoms with E-state index in [4.69, 9.17) is 28.3 Å². The number of hydrogen-bond donors (Lipinski definition) is 2. The summed E-state index contributed by atoms with van der Waals surface area (Å²) in [6, 6.07) is 4.98. The van der Waals surface area contributed by atoms with Crippen LogP contribution in [-0.2, 0) is 16.0 Å². The Balaban J connectivity index is 2.04. The van der Waals surface area contributed by atoms with Crippen LogP contribution in [-0.4, -0.2) is 22.5 Å². The van der Waals surface area contributed by atoms with Crippen molar-refractivity contribution >= 4 is 35.1 Å². The van der Waals surface area contributed by atoms with E-state index < -0.39 is 11.5 Å². The van der Waals surface area contributed by atoms with Gasteiger partial charge in [0.05, 0.1) is 18.4 Å². The molecule has 21 heavy (non-hydrogen) atoms. The first-order valence-corrected chi connectivity index (χ1v) is 7.63. The molecule has 0 spiro atoms. The summed E-state index contributed by atoms with van der Waals surface area (Å²) < 4.78 is 0. The molecule has 0 saturated heterocycles. The standard InChI is InChI=1S/C15H17Cl2NO3/c16-11-4-3-10(12(17)8-11)7-13(19)18-15(9-14(20)21)5-1-2-6-15/h3-4,8H,1-2,5-7,9H2,(H,18,19)(H,20,21). The molecule has 0 aliphatic heterocycles. The SMILES string of the molecule is O=C(O)CC1(NC(=O)Cc2ccc(Cl)cc2Cl)CCCC1. The highest BCUT2D eigenvalue weighted by atomic mass is 35.5. The van der Waals surface area contributed by atoms with Crippen LogP contribution in [0.2, 0.25) is 10.0 Å². The van der Waals surface area contributed by atoms with Crippen molar-refractivity contribution in [3.63, 3.8) is 0 Å². The second kappa shape index (κ2) is 6.67. The van der Waals surface area contributed by atoms with E-state index >= 15 is 0 Å². The van der Waals surface area contributed by atoms with Gasteiger partial charge in [0.25, 0.3) is 0 Å². The molecule has 4 nitrogen and oxygen atoms in total. The van der Waals surface area contributed by atoms with Gasteiger partial charge in [-0.2, -0.15) is 0 Å². The van der Waals surface area contributed by atoms with Gasteiger partial charge >= 0.3 is 5.97 Å². The lowest BCUT2D eigenvalue weighted by Crippen LogP contribution is -2.48. The Morgan fingerprint density at radius 1 is 1.24 bits per heavy atom. The molecule has 1 aromatic carbocycles. The first-order valence-electron chi connectivity index (χ1n) is 6.87. The Kier molecular flexibility index (Phi) is 5.12. The molecule has 0 bridgehead atoms. The van der Waals surface area contributed by atoms with Crippen molar-refractivity contribution in [2.45, 2.75) is 44.1 Å². The lowest BCUT2D eigenvalue weighted by Gasteiger charge is -2.28. The normalized spacial score (nSPS) is 16.7. The number of amides is 1. The summed E-state index contributed by atoms with van der Waals surface area (Å²) >= 11 is 11.9. The van der Waals surface area contributed by atoms with E-state index in [2.05, 4.69) is 5.32 Å². The topological polar surface area (TPSA) is 66.4 Å². The maximum atomic E-state index is 12.2. The zero-order chi connectivity index (χ0) is 15.5. The fourth-order valence-electron chi connectivity index (χ4n) is 2.87. The maximum absolute atomic E-state index is 12.2. The van der Waals surface area contributed by atoms with E-state index in [1.54, 1.807) is 18.2 Å². The lowest BCUT2D eigenvalue weighted by molar-refractivity contribution is -0.139. The summed E-state index contributed by atoms with van der Waals surface area (Å²) in [6.07, 6.45) is 3.38. The fourth-order valence-corrected chi connectivity index (χ4v) is 3.34. The molecule has 2 N–H and O–H groups in total. The van der Waals surface area contributed by atoms with E-state index in [0.29, 0.717) is 28.5 Å². The van der Waals surface area contributed by atoms with Gasteiger partial charge in [-0.1, -0.05) is 42.1 Å². The van der Waals surface area contributed by atoms with E-state index in [1.807, 2.05) is 0 Å².